The van der Waals surface area contributed by atoms with Crippen molar-refractivity contribution in [3.63, 3.8) is 0 Å². The Kier molecular flexibility index (Phi) is 8.71. The number of para-hydroxylation sites is 1. The van der Waals surface area contributed by atoms with Crippen molar-refractivity contribution in [3.8, 4) is 11.5 Å². The van der Waals surface area contributed by atoms with Gasteiger partial charge in [0.15, 0.2) is 5.96 Å². The number of benzene rings is 2. The van der Waals surface area contributed by atoms with E-state index in [9.17, 15) is 0 Å². The minimum Gasteiger partial charge on any atom is -0.497 e. The Morgan fingerprint density at radius 2 is 1.85 bits per heavy atom. The summed E-state index contributed by atoms with van der Waals surface area (Å²) in [4.78, 5) is 4.30. The lowest BCUT2D eigenvalue weighted by Crippen LogP contribution is -2.36. The standard InChI is InChI=1S/C21H27N3O2.HI/c1-22-21(23-14-16-7-5-11-19(13-16)25-2)24-15-17-8-3-4-12-20(17)26-18-9-6-10-18;/h3-5,7-8,11-13,18H,6,9-10,14-15H2,1-2H3,(H2,22,23,24);1H. The number of hydrogen-bond acceptors (Lipinski definition) is 3. The molecule has 146 valence electrons. The fourth-order valence-electron chi connectivity index (χ4n) is 2.80. The van der Waals surface area contributed by atoms with Crippen LogP contribution >= 0.6 is 24.0 Å². The third kappa shape index (κ3) is 6.30. The molecule has 0 aliphatic heterocycles. The van der Waals surface area contributed by atoms with Crippen LogP contribution in [-0.4, -0.2) is 26.2 Å². The van der Waals surface area contributed by atoms with E-state index >= 15 is 0 Å². The van der Waals surface area contributed by atoms with Crippen molar-refractivity contribution in [2.45, 2.75) is 38.5 Å². The molecule has 0 saturated heterocycles. The van der Waals surface area contributed by atoms with Gasteiger partial charge in [-0.25, -0.2) is 0 Å². The Hall–Kier alpha value is -1.96. The molecule has 0 atom stereocenters. The fourth-order valence-corrected chi connectivity index (χ4v) is 2.80. The molecular weight excluding hydrogens is 453 g/mol. The number of methoxy groups -OCH3 is 1. The zero-order valence-electron chi connectivity index (χ0n) is 15.9. The molecule has 2 aromatic rings. The van der Waals surface area contributed by atoms with Crippen LogP contribution in [0.15, 0.2) is 53.5 Å². The van der Waals surface area contributed by atoms with E-state index in [-0.39, 0.29) is 24.0 Å². The minimum absolute atomic E-state index is 0. The number of rotatable bonds is 7. The predicted octanol–water partition coefficient (Wildman–Crippen LogP) is 4.11. The molecular formula is C21H28IN3O2. The van der Waals surface area contributed by atoms with Gasteiger partial charge in [0.2, 0.25) is 0 Å². The summed E-state index contributed by atoms with van der Waals surface area (Å²) < 4.78 is 11.4. The molecule has 1 aliphatic carbocycles. The number of ether oxygens (including phenoxy) is 2. The summed E-state index contributed by atoms with van der Waals surface area (Å²) in [6.07, 6.45) is 3.96. The molecule has 0 radical (unpaired) electrons. The highest BCUT2D eigenvalue weighted by atomic mass is 127. The van der Waals surface area contributed by atoms with Crippen LogP contribution in [0, 0.1) is 0 Å². The van der Waals surface area contributed by atoms with Crippen molar-refractivity contribution in [1.82, 2.24) is 10.6 Å². The lowest BCUT2D eigenvalue weighted by molar-refractivity contribution is 0.119. The first-order valence-corrected chi connectivity index (χ1v) is 9.10. The maximum absolute atomic E-state index is 6.09. The van der Waals surface area contributed by atoms with Gasteiger partial charge in [0, 0.05) is 25.7 Å². The van der Waals surface area contributed by atoms with E-state index < -0.39 is 0 Å². The average molecular weight is 481 g/mol. The quantitative estimate of drug-likeness (QED) is 0.355. The van der Waals surface area contributed by atoms with Crippen molar-refractivity contribution in [2.75, 3.05) is 14.2 Å². The molecule has 2 N–H and O–H groups in total. The van der Waals surface area contributed by atoms with Gasteiger partial charge < -0.3 is 20.1 Å². The second-order valence-corrected chi connectivity index (χ2v) is 6.41. The van der Waals surface area contributed by atoms with E-state index in [0.29, 0.717) is 19.2 Å². The van der Waals surface area contributed by atoms with Crippen molar-refractivity contribution < 1.29 is 9.47 Å². The normalized spacial score (nSPS) is 13.9. The summed E-state index contributed by atoms with van der Waals surface area (Å²) >= 11 is 0. The van der Waals surface area contributed by atoms with Crippen LogP contribution in [0.1, 0.15) is 30.4 Å². The SMILES string of the molecule is CN=C(NCc1cccc(OC)c1)NCc1ccccc1OC1CCC1.I. The fraction of sp³-hybridized carbons (Fsp3) is 0.381. The first kappa shape index (κ1) is 21.3. The van der Waals surface area contributed by atoms with Crippen LogP contribution in [-0.2, 0) is 13.1 Å². The van der Waals surface area contributed by atoms with E-state index in [4.69, 9.17) is 9.47 Å². The summed E-state index contributed by atoms with van der Waals surface area (Å²) in [5.41, 5.74) is 2.28. The topological polar surface area (TPSA) is 54.9 Å². The molecule has 0 unspecified atom stereocenters. The van der Waals surface area contributed by atoms with Crippen molar-refractivity contribution in [1.29, 1.82) is 0 Å². The summed E-state index contributed by atoms with van der Waals surface area (Å²) in [7, 11) is 3.45. The Labute approximate surface area is 178 Å². The minimum atomic E-state index is 0. The van der Waals surface area contributed by atoms with Crippen molar-refractivity contribution in [3.05, 3.63) is 59.7 Å². The van der Waals surface area contributed by atoms with E-state index in [1.54, 1.807) is 14.2 Å². The Morgan fingerprint density at radius 3 is 2.56 bits per heavy atom. The molecule has 0 amide bonds. The van der Waals surface area contributed by atoms with Crippen LogP contribution in [0.25, 0.3) is 0 Å². The number of halogens is 1. The molecule has 0 heterocycles. The summed E-state index contributed by atoms with van der Waals surface area (Å²) in [6.45, 7) is 1.35. The van der Waals surface area contributed by atoms with E-state index in [2.05, 4.69) is 27.8 Å². The van der Waals surface area contributed by atoms with E-state index in [1.807, 2.05) is 36.4 Å². The highest BCUT2D eigenvalue weighted by molar-refractivity contribution is 14.0. The second kappa shape index (κ2) is 11.0. The van der Waals surface area contributed by atoms with Crippen molar-refractivity contribution >= 4 is 29.9 Å². The van der Waals surface area contributed by atoms with Crippen molar-refractivity contribution in [2.24, 2.45) is 4.99 Å². The zero-order valence-corrected chi connectivity index (χ0v) is 18.2. The van der Waals surface area contributed by atoms with Gasteiger partial charge in [-0.05, 0) is 43.0 Å². The lowest BCUT2D eigenvalue weighted by Gasteiger charge is -2.27. The van der Waals surface area contributed by atoms with Gasteiger partial charge in [-0.3, -0.25) is 4.99 Å². The van der Waals surface area contributed by atoms with Crippen LogP contribution in [0.4, 0.5) is 0 Å². The van der Waals surface area contributed by atoms with Crippen LogP contribution in [0.2, 0.25) is 0 Å². The molecule has 1 fully saturated rings. The van der Waals surface area contributed by atoms with E-state index in [0.717, 1.165) is 41.4 Å². The van der Waals surface area contributed by atoms with Gasteiger partial charge in [0.25, 0.3) is 0 Å². The molecule has 0 aromatic heterocycles. The smallest absolute Gasteiger partial charge is 0.191 e. The largest absolute Gasteiger partial charge is 0.497 e. The third-order valence-electron chi connectivity index (χ3n) is 4.58. The number of nitrogens with one attached hydrogen (secondary N) is 2. The number of nitrogens with zero attached hydrogens (tertiary/aromatic N) is 1. The maximum Gasteiger partial charge on any atom is 0.191 e. The van der Waals surface area contributed by atoms with Crippen LogP contribution in [0.3, 0.4) is 0 Å². The summed E-state index contributed by atoms with van der Waals surface area (Å²) in [5.74, 6) is 2.58. The number of hydrogen-bond donors (Lipinski definition) is 2. The summed E-state index contributed by atoms with van der Waals surface area (Å²) in [5, 5.41) is 6.69. The van der Waals surface area contributed by atoms with Crippen LogP contribution < -0.4 is 20.1 Å². The molecule has 0 bridgehead atoms. The Morgan fingerprint density at radius 1 is 1.07 bits per heavy atom. The molecule has 0 spiro atoms. The molecule has 1 saturated carbocycles. The zero-order chi connectivity index (χ0) is 18.2. The molecule has 2 aromatic carbocycles. The van der Waals surface area contributed by atoms with Crippen LogP contribution in [0.5, 0.6) is 11.5 Å². The first-order chi connectivity index (χ1) is 12.8. The Balaban J connectivity index is 0.00000261. The average Bonchev–Trinajstić information content (AvgIpc) is 2.66. The van der Waals surface area contributed by atoms with Gasteiger partial charge in [-0.2, -0.15) is 0 Å². The maximum atomic E-state index is 6.09. The molecule has 27 heavy (non-hydrogen) atoms. The highest BCUT2D eigenvalue weighted by Gasteiger charge is 2.20. The number of aliphatic imine (C=N–C) groups is 1. The van der Waals surface area contributed by atoms with Gasteiger partial charge in [0.05, 0.1) is 13.2 Å². The third-order valence-corrected chi connectivity index (χ3v) is 4.58. The monoisotopic (exact) mass is 481 g/mol. The molecule has 5 nitrogen and oxygen atoms in total. The second-order valence-electron chi connectivity index (χ2n) is 6.41. The van der Waals surface area contributed by atoms with E-state index in [1.165, 1.54) is 6.42 Å². The highest BCUT2D eigenvalue weighted by Crippen LogP contribution is 2.27. The molecule has 1 aliphatic rings. The molecule has 3 rings (SSSR count). The lowest BCUT2D eigenvalue weighted by atomic mass is 9.96. The predicted molar refractivity (Wildman–Crippen MR) is 120 cm³/mol. The van der Waals surface area contributed by atoms with Gasteiger partial charge in [-0.15, -0.1) is 24.0 Å². The number of guanidine groups is 1. The van der Waals surface area contributed by atoms with Gasteiger partial charge >= 0.3 is 0 Å². The Bertz CT molecular complexity index is 748. The van der Waals surface area contributed by atoms with Gasteiger partial charge in [0.1, 0.15) is 11.5 Å². The first-order valence-electron chi connectivity index (χ1n) is 9.10. The van der Waals surface area contributed by atoms with Gasteiger partial charge in [-0.1, -0.05) is 30.3 Å². The molecule has 6 heteroatoms. The summed E-state index contributed by atoms with van der Waals surface area (Å²) in [6, 6.07) is 16.2.